The number of hydrogen-bond donors (Lipinski definition) is 1. The van der Waals surface area contributed by atoms with Crippen molar-refractivity contribution in [2.24, 2.45) is 11.8 Å². The van der Waals surface area contributed by atoms with Crippen molar-refractivity contribution in [3.8, 4) is 0 Å². The monoisotopic (exact) mass is 322 g/mol. The van der Waals surface area contributed by atoms with Crippen LogP contribution in [0, 0.1) is 11.8 Å². The predicted octanol–water partition coefficient (Wildman–Crippen LogP) is 1.60. The fourth-order valence-electron chi connectivity index (χ4n) is 2.79. The van der Waals surface area contributed by atoms with Gasteiger partial charge in [-0.2, -0.15) is 4.31 Å². The van der Waals surface area contributed by atoms with Crippen molar-refractivity contribution >= 4 is 34.0 Å². The summed E-state index contributed by atoms with van der Waals surface area (Å²) >= 11 is 5.86. The summed E-state index contributed by atoms with van der Waals surface area (Å²) in [6.07, 6.45) is 0. The van der Waals surface area contributed by atoms with Crippen LogP contribution in [0.4, 0.5) is 0 Å². The lowest BCUT2D eigenvalue weighted by atomic mass is 10.0. The summed E-state index contributed by atoms with van der Waals surface area (Å²) in [4.78, 5) is 0.294. The van der Waals surface area contributed by atoms with Gasteiger partial charge in [0, 0.05) is 18.1 Å². The van der Waals surface area contributed by atoms with E-state index in [0.717, 1.165) is 13.1 Å². The highest BCUT2D eigenvalue weighted by molar-refractivity contribution is 7.89. The van der Waals surface area contributed by atoms with E-state index in [4.69, 9.17) is 11.6 Å². The molecule has 0 unspecified atom stereocenters. The fraction of sp³-hybridized carbons (Fsp3) is 0.500. The molecular formula is C12H16Cl2N2O2S. The Labute approximate surface area is 124 Å². The number of benzene rings is 1. The van der Waals surface area contributed by atoms with Crippen molar-refractivity contribution in [3.63, 3.8) is 0 Å². The molecule has 3 rings (SSSR count). The first-order valence-corrected chi connectivity index (χ1v) is 7.85. The van der Waals surface area contributed by atoms with E-state index in [1.165, 1.54) is 6.07 Å². The van der Waals surface area contributed by atoms with E-state index in [-0.39, 0.29) is 12.4 Å². The molecule has 106 valence electrons. The Morgan fingerprint density at radius 2 is 1.84 bits per heavy atom. The molecule has 1 aromatic rings. The van der Waals surface area contributed by atoms with Gasteiger partial charge in [-0.25, -0.2) is 8.42 Å². The second-order valence-electron chi connectivity index (χ2n) is 4.96. The normalized spacial score (nSPS) is 27.0. The van der Waals surface area contributed by atoms with Gasteiger partial charge in [0.25, 0.3) is 0 Å². The third-order valence-electron chi connectivity index (χ3n) is 3.79. The molecule has 0 radical (unpaired) electrons. The van der Waals surface area contributed by atoms with Crippen LogP contribution in [-0.4, -0.2) is 38.9 Å². The molecule has 0 spiro atoms. The molecule has 2 fully saturated rings. The van der Waals surface area contributed by atoms with Crippen molar-refractivity contribution in [2.75, 3.05) is 26.2 Å². The summed E-state index contributed by atoms with van der Waals surface area (Å²) in [5, 5.41) is 3.76. The van der Waals surface area contributed by atoms with Crippen LogP contribution in [0.25, 0.3) is 0 Å². The summed E-state index contributed by atoms with van der Waals surface area (Å²) in [7, 11) is -3.38. The Hall–Kier alpha value is -0.330. The highest BCUT2D eigenvalue weighted by Gasteiger charge is 2.41. The van der Waals surface area contributed by atoms with Crippen molar-refractivity contribution in [3.05, 3.63) is 29.3 Å². The molecule has 2 atom stereocenters. The van der Waals surface area contributed by atoms with Crippen molar-refractivity contribution < 1.29 is 8.42 Å². The number of fused-ring (bicyclic) bond motifs is 1. The number of halogens is 2. The van der Waals surface area contributed by atoms with E-state index in [9.17, 15) is 8.42 Å². The average molecular weight is 323 g/mol. The Bertz CT molecular complexity index is 553. The molecule has 19 heavy (non-hydrogen) atoms. The van der Waals surface area contributed by atoms with Gasteiger partial charge in [-0.15, -0.1) is 12.4 Å². The van der Waals surface area contributed by atoms with Gasteiger partial charge in [0.1, 0.15) is 0 Å². The van der Waals surface area contributed by atoms with Crippen LogP contribution in [0.15, 0.2) is 29.2 Å². The minimum absolute atomic E-state index is 0. The van der Waals surface area contributed by atoms with Gasteiger partial charge in [0.05, 0.1) is 4.90 Å². The molecular weight excluding hydrogens is 307 g/mol. The molecule has 2 saturated heterocycles. The summed E-state index contributed by atoms with van der Waals surface area (Å²) in [6, 6.07) is 6.48. The van der Waals surface area contributed by atoms with E-state index in [0.29, 0.717) is 34.8 Å². The Kier molecular flexibility index (Phi) is 4.42. The Balaban J connectivity index is 0.00000133. The van der Waals surface area contributed by atoms with Crippen LogP contribution in [0.2, 0.25) is 5.02 Å². The molecule has 0 aromatic heterocycles. The standard InChI is InChI=1S/C12H15ClN2O2S.ClH/c13-11-2-1-3-12(4-11)18(16,17)15-7-9-5-14-6-10(9)8-15;/h1-4,9-10,14H,5-8H2;1H/t9-,10+;. The van der Waals surface area contributed by atoms with Crippen LogP contribution in [0.1, 0.15) is 0 Å². The lowest BCUT2D eigenvalue weighted by Crippen LogP contribution is -2.31. The van der Waals surface area contributed by atoms with Gasteiger partial charge in [0.15, 0.2) is 0 Å². The van der Waals surface area contributed by atoms with E-state index in [2.05, 4.69) is 5.32 Å². The summed E-state index contributed by atoms with van der Waals surface area (Å²) in [6.45, 7) is 3.08. The molecule has 2 aliphatic heterocycles. The quantitative estimate of drug-likeness (QED) is 0.899. The molecule has 2 heterocycles. The second-order valence-corrected chi connectivity index (χ2v) is 7.33. The molecule has 0 bridgehead atoms. The highest BCUT2D eigenvalue weighted by atomic mass is 35.5. The van der Waals surface area contributed by atoms with Crippen LogP contribution in [-0.2, 0) is 10.0 Å². The topological polar surface area (TPSA) is 49.4 Å². The van der Waals surface area contributed by atoms with Crippen molar-refractivity contribution in [1.29, 1.82) is 0 Å². The fourth-order valence-corrected chi connectivity index (χ4v) is 4.64. The van der Waals surface area contributed by atoms with Crippen molar-refractivity contribution in [2.45, 2.75) is 4.90 Å². The summed E-state index contributed by atoms with van der Waals surface area (Å²) in [5.41, 5.74) is 0. The molecule has 0 amide bonds. The maximum Gasteiger partial charge on any atom is 0.243 e. The predicted molar refractivity (Wildman–Crippen MR) is 77.3 cm³/mol. The Morgan fingerprint density at radius 3 is 2.42 bits per heavy atom. The average Bonchev–Trinajstić information content (AvgIpc) is 2.89. The zero-order chi connectivity index (χ0) is 12.8. The van der Waals surface area contributed by atoms with Gasteiger partial charge < -0.3 is 5.32 Å². The van der Waals surface area contributed by atoms with E-state index in [1.54, 1.807) is 22.5 Å². The van der Waals surface area contributed by atoms with Gasteiger partial charge in [-0.05, 0) is 43.1 Å². The largest absolute Gasteiger partial charge is 0.316 e. The molecule has 7 heteroatoms. The first kappa shape index (κ1) is 15.1. The minimum atomic E-state index is -3.38. The third-order valence-corrected chi connectivity index (χ3v) is 5.85. The first-order valence-electron chi connectivity index (χ1n) is 6.04. The molecule has 1 N–H and O–H groups in total. The number of nitrogens with zero attached hydrogens (tertiary/aromatic N) is 1. The van der Waals surface area contributed by atoms with Gasteiger partial charge in [0.2, 0.25) is 10.0 Å². The third kappa shape index (κ3) is 2.76. The Morgan fingerprint density at radius 1 is 1.21 bits per heavy atom. The zero-order valence-corrected chi connectivity index (χ0v) is 12.6. The summed E-state index contributed by atoms with van der Waals surface area (Å²) in [5.74, 6) is 0.915. The van der Waals surface area contributed by atoms with Crippen LogP contribution in [0.3, 0.4) is 0 Å². The second kappa shape index (κ2) is 5.58. The number of hydrogen-bond acceptors (Lipinski definition) is 3. The maximum atomic E-state index is 12.5. The van der Waals surface area contributed by atoms with E-state index in [1.807, 2.05) is 0 Å². The number of rotatable bonds is 2. The molecule has 1 aromatic carbocycles. The van der Waals surface area contributed by atoms with Crippen LogP contribution in [0.5, 0.6) is 0 Å². The van der Waals surface area contributed by atoms with E-state index < -0.39 is 10.0 Å². The van der Waals surface area contributed by atoms with Gasteiger partial charge in [-0.1, -0.05) is 17.7 Å². The molecule has 4 nitrogen and oxygen atoms in total. The SMILES string of the molecule is Cl.O=S(=O)(c1cccc(Cl)c1)N1C[C@H]2CNC[C@H]2C1. The van der Waals surface area contributed by atoms with Crippen LogP contribution < -0.4 is 5.32 Å². The molecule has 2 aliphatic rings. The smallest absolute Gasteiger partial charge is 0.243 e. The number of sulfonamides is 1. The lowest BCUT2D eigenvalue weighted by Gasteiger charge is -2.17. The highest BCUT2D eigenvalue weighted by Crippen LogP contribution is 2.31. The molecule has 0 saturated carbocycles. The lowest BCUT2D eigenvalue weighted by molar-refractivity contribution is 0.448. The zero-order valence-electron chi connectivity index (χ0n) is 10.3. The van der Waals surface area contributed by atoms with Crippen molar-refractivity contribution in [1.82, 2.24) is 9.62 Å². The number of nitrogens with one attached hydrogen (secondary N) is 1. The van der Waals surface area contributed by atoms with Gasteiger partial charge >= 0.3 is 0 Å². The van der Waals surface area contributed by atoms with E-state index >= 15 is 0 Å². The molecule has 0 aliphatic carbocycles. The van der Waals surface area contributed by atoms with Crippen LogP contribution >= 0.6 is 24.0 Å². The maximum absolute atomic E-state index is 12.5. The minimum Gasteiger partial charge on any atom is -0.316 e. The first-order chi connectivity index (χ1) is 8.57. The summed E-state index contributed by atoms with van der Waals surface area (Å²) < 4.78 is 26.5. The van der Waals surface area contributed by atoms with Gasteiger partial charge in [-0.3, -0.25) is 0 Å².